The average molecular weight is 508 g/mol. The van der Waals surface area contributed by atoms with E-state index in [1.807, 2.05) is 18.2 Å². The molecule has 0 aromatic carbocycles. The molecule has 1 saturated heterocycles. The minimum absolute atomic E-state index is 0.0438. The summed E-state index contributed by atoms with van der Waals surface area (Å²) in [4.78, 5) is 47.0. The van der Waals surface area contributed by atoms with Gasteiger partial charge in [-0.25, -0.2) is 4.98 Å². The Labute approximate surface area is 193 Å². The molecular formula is C18H25N3O8S3. The van der Waals surface area contributed by atoms with Crippen molar-refractivity contribution in [2.45, 2.75) is 48.8 Å². The van der Waals surface area contributed by atoms with Crippen molar-refractivity contribution in [2.24, 2.45) is 0 Å². The SMILES string of the molecule is O=C(O)CCCCCNC(=O)CCSSc1ccccn1.O=C1CC(S(=O)(=O)O)C(=O)N1. The Morgan fingerprint density at radius 2 is 1.94 bits per heavy atom. The third kappa shape index (κ3) is 12.6. The molecule has 0 aliphatic carbocycles. The van der Waals surface area contributed by atoms with E-state index in [1.54, 1.807) is 33.1 Å². The zero-order chi connectivity index (χ0) is 24.0. The van der Waals surface area contributed by atoms with Crippen LogP contribution < -0.4 is 10.6 Å². The van der Waals surface area contributed by atoms with Crippen molar-refractivity contribution in [3.8, 4) is 0 Å². The van der Waals surface area contributed by atoms with Crippen molar-refractivity contribution in [2.75, 3.05) is 12.3 Å². The molecule has 4 N–H and O–H groups in total. The second kappa shape index (κ2) is 14.8. The molecule has 2 heterocycles. The minimum atomic E-state index is -4.42. The van der Waals surface area contributed by atoms with Crippen LogP contribution in [0.15, 0.2) is 29.4 Å². The van der Waals surface area contributed by atoms with Gasteiger partial charge in [-0.3, -0.25) is 29.0 Å². The van der Waals surface area contributed by atoms with Crippen molar-refractivity contribution < 1.29 is 37.3 Å². The van der Waals surface area contributed by atoms with Gasteiger partial charge in [0.1, 0.15) is 5.03 Å². The van der Waals surface area contributed by atoms with E-state index in [0.717, 1.165) is 23.6 Å². The monoisotopic (exact) mass is 507 g/mol. The van der Waals surface area contributed by atoms with Crippen molar-refractivity contribution in [1.29, 1.82) is 0 Å². The first-order chi connectivity index (χ1) is 15.1. The predicted molar refractivity (Wildman–Crippen MR) is 119 cm³/mol. The number of hydrogen-bond acceptors (Lipinski definition) is 9. The van der Waals surface area contributed by atoms with Gasteiger partial charge >= 0.3 is 5.97 Å². The van der Waals surface area contributed by atoms with Crippen LogP contribution in [0.3, 0.4) is 0 Å². The summed E-state index contributed by atoms with van der Waals surface area (Å²) in [5, 5.41) is 12.4. The Balaban J connectivity index is 0.000000389. The first-order valence-corrected chi connectivity index (χ1v) is 13.4. The van der Waals surface area contributed by atoms with Gasteiger partial charge in [0.2, 0.25) is 17.7 Å². The zero-order valence-corrected chi connectivity index (χ0v) is 19.5. The van der Waals surface area contributed by atoms with Crippen LogP contribution in [0.1, 0.15) is 38.5 Å². The Morgan fingerprint density at radius 1 is 1.19 bits per heavy atom. The van der Waals surface area contributed by atoms with Crippen LogP contribution in [0, 0.1) is 0 Å². The maximum Gasteiger partial charge on any atom is 0.303 e. The molecule has 0 saturated carbocycles. The Kier molecular flexibility index (Phi) is 12.9. The summed E-state index contributed by atoms with van der Waals surface area (Å²) in [5.74, 6) is -1.62. The van der Waals surface area contributed by atoms with Crippen LogP contribution in [-0.4, -0.2) is 64.3 Å². The highest BCUT2D eigenvalue weighted by Gasteiger charge is 2.39. The zero-order valence-electron chi connectivity index (χ0n) is 17.1. The number of hydrogen-bond donors (Lipinski definition) is 4. The second-order valence-corrected chi connectivity index (χ2v) is 10.5. The van der Waals surface area contributed by atoms with Crippen LogP contribution in [0.25, 0.3) is 0 Å². The third-order valence-corrected chi connectivity index (χ3v) is 7.24. The molecule has 0 radical (unpaired) electrons. The lowest BCUT2D eigenvalue weighted by Crippen LogP contribution is -2.30. The molecule has 0 bridgehead atoms. The van der Waals surface area contributed by atoms with Crippen LogP contribution in [0.5, 0.6) is 0 Å². The van der Waals surface area contributed by atoms with Gasteiger partial charge in [-0.05, 0) is 35.8 Å². The Bertz CT molecular complexity index is 881. The maximum atomic E-state index is 11.6. The average Bonchev–Trinajstić information content (AvgIpc) is 3.07. The van der Waals surface area contributed by atoms with Gasteiger partial charge in [-0.15, -0.1) is 0 Å². The topological polar surface area (TPSA) is 180 Å². The summed E-state index contributed by atoms with van der Waals surface area (Å²) in [7, 11) is -1.23. The maximum absolute atomic E-state index is 11.6. The second-order valence-electron chi connectivity index (χ2n) is 6.50. The number of aromatic nitrogens is 1. The molecular weight excluding hydrogens is 482 g/mol. The summed E-state index contributed by atoms with van der Waals surface area (Å²) in [5.41, 5.74) is 0. The van der Waals surface area contributed by atoms with E-state index in [1.165, 1.54) is 0 Å². The molecule has 1 aliphatic rings. The number of unbranched alkanes of at least 4 members (excludes halogenated alkanes) is 2. The van der Waals surface area contributed by atoms with Crippen molar-refractivity contribution in [1.82, 2.24) is 15.6 Å². The van der Waals surface area contributed by atoms with Crippen molar-refractivity contribution in [3.05, 3.63) is 24.4 Å². The normalized spacial score (nSPS) is 15.5. The number of carbonyl (C=O) groups excluding carboxylic acids is 3. The van der Waals surface area contributed by atoms with Crippen molar-refractivity contribution >= 4 is 55.4 Å². The molecule has 0 spiro atoms. The number of pyridine rings is 1. The molecule has 1 aliphatic heterocycles. The molecule has 3 amide bonds. The number of carboxylic acids is 1. The van der Waals surface area contributed by atoms with Gasteiger partial charge in [-0.1, -0.05) is 23.3 Å². The number of amides is 3. The lowest BCUT2D eigenvalue weighted by molar-refractivity contribution is -0.137. The summed E-state index contributed by atoms with van der Waals surface area (Å²) in [6.45, 7) is 0.622. The van der Waals surface area contributed by atoms with E-state index < -0.39 is 39.6 Å². The van der Waals surface area contributed by atoms with E-state index in [2.05, 4.69) is 10.3 Å². The summed E-state index contributed by atoms with van der Waals surface area (Å²) in [6.07, 6.45) is 4.28. The predicted octanol–water partition coefficient (Wildman–Crippen LogP) is 1.26. The van der Waals surface area contributed by atoms with Crippen molar-refractivity contribution in [3.63, 3.8) is 0 Å². The fourth-order valence-electron chi connectivity index (χ4n) is 2.30. The lowest BCUT2D eigenvalue weighted by Gasteiger charge is -2.04. The quantitative estimate of drug-likeness (QED) is 0.138. The lowest BCUT2D eigenvalue weighted by atomic mass is 10.2. The molecule has 14 heteroatoms. The Hall–Kier alpha value is -2.16. The molecule has 32 heavy (non-hydrogen) atoms. The van der Waals surface area contributed by atoms with Gasteiger partial charge < -0.3 is 10.4 Å². The molecule has 1 atom stereocenters. The molecule has 1 unspecified atom stereocenters. The fourth-order valence-corrected chi connectivity index (χ4v) is 4.86. The van der Waals surface area contributed by atoms with Gasteiger partial charge in [0.15, 0.2) is 5.25 Å². The number of carboxylic acid groups (broad SMARTS) is 1. The van der Waals surface area contributed by atoms with Crippen LogP contribution >= 0.6 is 21.6 Å². The fraction of sp³-hybridized carbons (Fsp3) is 0.500. The summed E-state index contributed by atoms with van der Waals surface area (Å²) in [6, 6.07) is 5.75. The highest BCUT2D eigenvalue weighted by atomic mass is 33.1. The van der Waals surface area contributed by atoms with Gasteiger partial charge in [0, 0.05) is 31.3 Å². The number of aliphatic carboxylic acids is 1. The van der Waals surface area contributed by atoms with Gasteiger partial charge in [0.25, 0.3) is 10.1 Å². The number of rotatable bonds is 12. The summed E-state index contributed by atoms with van der Waals surface area (Å²) < 4.78 is 29.0. The number of nitrogens with one attached hydrogen (secondary N) is 2. The smallest absolute Gasteiger partial charge is 0.303 e. The molecule has 178 valence electrons. The van der Waals surface area contributed by atoms with Crippen LogP contribution in [0.4, 0.5) is 0 Å². The molecule has 2 rings (SSSR count). The number of nitrogens with zero attached hydrogens (tertiary/aromatic N) is 1. The molecule has 1 fully saturated rings. The highest BCUT2D eigenvalue weighted by molar-refractivity contribution is 8.76. The highest BCUT2D eigenvalue weighted by Crippen LogP contribution is 2.29. The van der Waals surface area contributed by atoms with E-state index in [-0.39, 0.29) is 12.3 Å². The largest absolute Gasteiger partial charge is 0.481 e. The first-order valence-electron chi connectivity index (χ1n) is 9.58. The van der Waals surface area contributed by atoms with Crippen LogP contribution in [0.2, 0.25) is 0 Å². The standard InChI is InChI=1S/C14H20N2O3S2.C4H5NO5S/c17-12(15-9-4-1-2-7-14(18)19)8-11-20-21-13-6-3-5-10-16-13;6-3-1-2(4(7)5-3)11(8,9)10/h3,5-6,10H,1-2,4,7-9,11H2,(H,15,17)(H,18,19);2H,1H2,(H,5,6,7)(H,8,9,10). The van der Waals surface area contributed by atoms with Gasteiger partial charge in [0.05, 0.1) is 6.42 Å². The van der Waals surface area contributed by atoms with E-state index in [0.29, 0.717) is 19.4 Å². The molecule has 1 aromatic heterocycles. The Morgan fingerprint density at radius 3 is 2.47 bits per heavy atom. The van der Waals surface area contributed by atoms with E-state index >= 15 is 0 Å². The van der Waals surface area contributed by atoms with Gasteiger partial charge in [-0.2, -0.15) is 8.42 Å². The minimum Gasteiger partial charge on any atom is -0.481 e. The first kappa shape index (κ1) is 27.9. The van der Waals surface area contributed by atoms with E-state index in [4.69, 9.17) is 9.66 Å². The van der Waals surface area contributed by atoms with E-state index in [9.17, 15) is 27.6 Å². The third-order valence-electron chi connectivity index (χ3n) is 3.87. The summed E-state index contributed by atoms with van der Waals surface area (Å²) >= 11 is 0. The number of carbonyl (C=O) groups is 4. The number of imide groups is 1. The molecule has 1 aromatic rings. The van der Waals surface area contributed by atoms with Crippen LogP contribution in [-0.2, 0) is 29.3 Å². The molecule has 11 nitrogen and oxygen atoms in total.